The van der Waals surface area contributed by atoms with E-state index in [1.54, 1.807) is 0 Å². The number of rotatable bonds is 6. The number of hydrogen-bond donors (Lipinski definition) is 1. The molecular weight excluding hydrogens is 222 g/mol. The molecule has 1 aliphatic heterocycles. The molecule has 1 aliphatic rings. The molecule has 0 fully saturated rings. The summed E-state index contributed by atoms with van der Waals surface area (Å²) in [5.41, 5.74) is 1.34. The molecule has 1 N–H and O–H groups in total. The fourth-order valence-corrected chi connectivity index (χ4v) is 2.67. The maximum Gasteiger partial charge on any atom is 0.122 e. The van der Waals surface area contributed by atoms with Gasteiger partial charge in [0.15, 0.2) is 0 Å². The van der Waals surface area contributed by atoms with Crippen LogP contribution < -0.4 is 10.1 Å². The van der Waals surface area contributed by atoms with Crippen molar-refractivity contribution in [1.29, 1.82) is 0 Å². The molecule has 0 spiro atoms. The predicted octanol–water partition coefficient (Wildman–Crippen LogP) is 3.18. The van der Waals surface area contributed by atoms with E-state index in [0.29, 0.717) is 12.0 Å². The third-order valence-electron chi connectivity index (χ3n) is 3.62. The summed E-state index contributed by atoms with van der Waals surface area (Å²) in [6.07, 6.45) is 5.33. The molecule has 0 radical (unpaired) electrons. The van der Waals surface area contributed by atoms with Gasteiger partial charge in [-0.25, -0.2) is 0 Å². The van der Waals surface area contributed by atoms with Crippen LogP contribution in [0.15, 0.2) is 36.9 Å². The molecule has 2 nitrogen and oxygen atoms in total. The van der Waals surface area contributed by atoms with E-state index in [0.717, 1.165) is 38.2 Å². The molecule has 0 bridgehead atoms. The van der Waals surface area contributed by atoms with E-state index in [1.807, 2.05) is 12.1 Å². The minimum Gasteiger partial charge on any atom is -0.493 e. The Morgan fingerprint density at radius 1 is 1.50 bits per heavy atom. The normalized spacial score (nSPS) is 19.7. The van der Waals surface area contributed by atoms with Crippen molar-refractivity contribution in [3.63, 3.8) is 0 Å². The molecule has 18 heavy (non-hydrogen) atoms. The molecule has 0 aromatic heterocycles. The van der Waals surface area contributed by atoms with Crippen LogP contribution in [-0.4, -0.2) is 19.2 Å². The van der Waals surface area contributed by atoms with Gasteiger partial charge >= 0.3 is 0 Å². The summed E-state index contributed by atoms with van der Waals surface area (Å²) in [6, 6.07) is 8.91. The minimum absolute atomic E-state index is 0.529. The van der Waals surface area contributed by atoms with Gasteiger partial charge in [-0.05, 0) is 37.4 Å². The lowest BCUT2D eigenvalue weighted by Crippen LogP contribution is -2.41. The lowest BCUT2D eigenvalue weighted by molar-refractivity contribution is 0.180. The summed E-state index contributed by atoms with van der Waals surface area (Å²) in [4.78, 5) is 0. The summed E-state index contributed by atoms with van der Waals surface area (Å²) >= 11 is 0. The van der Waals surface area contributed by atoms with Gasteiger partial charge in [-0.2, -0.15) is 0 Å². The molecular formula is C16H23NO. The van der Waals surface area contributed by atoms with Crippen molar-refractivity contribution in [2.24, 2.45) is 5.92 Å². The monoisotopic (exact) mass is 245 g/mol. The first kappa shape index (κ1) is 13.2. The fraction of sp³-hybridized carbons (Fsp3) is 0.500. The van der Waals surface area contributed by atoms with Crippen molar-refractivity contribution >= 4 is 0 Å². The fourth-order valence-electron chi connectivity index (χ4n) is 2.67. The number of benzene rings is 1. The summed E-state index contributed by atoms with van der Waals surface area (Å²) in [6.45, 7) is 7.82. The van der Waals surface area contributed by atoms with Crippen LogP contribution in [0.25, 0.3) is 0 Å². The second-order valence-corrected chi connectivity index (χ2v) is 4.91. The topological polar surface area (TPSA) is 21.3 Å². The van der Waals surface area contributed by atoms with Crippen molar-refractivity contribution in [3.05, 3.63) is 42.5 Å². The number of allylic oxidation sites excluding steroid dienone is 1. The highest BCUT2D eigenvalue weighted by atomic mass is 16.5. The zero-order chi connectivity index (χ0) is 12.8. The van der Waals surface area contributed by atoms with E-state index in [9.17, 15) is 0 Å². The standard InChI is InChI=1S/C16H23NO/c1-3-5-9-15(17-4-2)14-11-13-8-6-7-10-16(13)18-12-14/h3,6-8,10,14-15,17H,1,4-5,9,11-12H2,2H3. The van der Waals surface area contributed by atoms with E-state index in [2.05, 4.69) is 37.0 Å². The smallest absolute Gasteiger partial charge is 0.122 e. The predicted molar refractivity (Wildman–Crippen MR) is 76.0 cm³/mol. The average Bonchev–Trinajstić information content (AvgIpc) is 2.43. The zero-order valence-corrected chi connectivity index (χ0v) is 11.2. The highest BCUT2D eigenvalue weighted by molar-refractivity contribution is 5.35. The highest BCUT2D eigenvalue weighted by Gasteiger charge is 2.26. The first-order valence-electron chi connectivity index (χ1n) is 6.90. The first-order valence-corrected chi connectivity index (χ1v) is 6.90. The van der Waals surface area contributed by atoms with Gasteiger partial charge in [-0.1, -0.05) is 31.2 Å². The van der Waals surface area contributed by atoms with Crippen molar-refractivity contribution in [2.45, 2.75) is 32.2 Å². The molecule has 1 heterocycles. The molecule has 0 aliphatic carbocycles. The van der Waals surface area contributed by atoms with Crippen molar-refractivity contribution < 1.29 is 4.74 Å². The van der Waals surface area contributed by atoms with Crippen LogP contribution in [0.5, 0.6) is 5.75 Å². The van der Waals surface area contributed by atoms with Crippen LogP contribution in [0.4, 0.5) is 0 Å². The van der Waals surface area contributed by atoms with Crippen LogP contribution in [0.2, 0.25) is 0 Å². The number of nitrogens with one attached hydrogen (secondary N) is 1. The van der Waals surface area contributed by atoms with Gasteiger partial charge < -0.3 is 10.1 Å². The average molecular weight is 245 g/mol. The van der Waals surface area contributed by atoms with Gasteiger partial charge in [0.1, 0.15) is 5.75 Å². The third kappa shape index (κ3) is 3.14. The van der Waals surface area contributed by atoms with Crippen LogP contribution in [0, 0.1) is 5.92 Å². The molecule has 0 saturated carbocycles. The molecule has 1 aromatic carbocycles. The second kappa shape index (κ2) is 6.60. The quantitative estimate of drug-likeness (QED) is 0.777. The van der Waals surface area contributed by atoms with Gasteiger partial charge in [0.2, 0.25) is 0 Å². The Labute approximate surface area is 110 Å². The number of hydrogen-bond acceptors (Lipinski definition) is 2. The molecule has 0 saturated heterocycles. The summed E-state index contributed by atoms with van der Waals surface area (Å²) in [7, 11) is 0. The maximum absolute atomic E-state index is 5.88. The van der Waals surface area contributed by atoms with E-state index in [-0.39, 0.29) is 0 Å². The van der Waals surface area contributed by atoms with Gasteiger partial charge in [0.05, 0.1) is 6.61 Å². The highest BCUT2D eigenvalue weighted by Crippen LogP contribution is 2.29. The van der Waals surface area contributed by atoms with E-state index in [1.165, 1.54) is 5.56 Å². The minimum atomic E-state index is 0.529. The van der Waals surface area contributed by atoms with Gasteiger partial charge in [-0.3, -0.25) is 0 Å². The van der Waals surface area contributed by atoms with Crippen LogP contribution in [-0.2, 0) is 6.42 Å². The summed E-state index contributed by atoms with van der Waals surface area (Å²) in [5.74, 6) is 1.63. The zero-order valence-electron chi connectivity index (χ0n) is 11.2. The molecule has 98 valence electrons. The molecule has 2 rings (SSSR count). The Balaban J connectivity index is 2.02. The lowest BCUT2D eigenvalue weighted by atomic mass is 9.88. The third-order valence-corrected chi connectivity index (χ3v) is 3.62. The largest absolute Gasteiger partial charge is 0.493 e. The molecule has 0 amide bonds. The number of ether oxygens (including phenoxy) is 1. The SMILES string of the molecule is C=CCCC(NCC)C1COc2ccccc2C1. The lowest BCUT2D eigenvalue weighted by Gasteiger charge is -2.32. The number of para-hydroxylation sites is 1. The Hall–Kier alpha value is -1.28. The molecule has 2 unspecified atom stereocenters. The Bertz CT molecular complexity index is 388. The summed E-state index contributed by atoms with van der Waals surface area (Å²) in [5, 5.41) is 3.59. The van der Waals surface area contributed by atoms with Gasteiger partial charge in [0, 0.05) is 12.0 Å². The Kier molecular flexibility index (Phi) is 4.82. The van der Waals surface area contributed by atoms with Crippen molar-refractivity contribution in [2.75, 3.05) is 13.2 Å². The second-order valence-electron chi connectivity index (χ2n) is 4.91. The molecule has 2 heteroatoms. The molecule has 1 aromatic rings. The van der Waals surface area contributed by atoms with E-state index in [4.69, 9.17) is 4.74 Å². The number of fused-ring (bicyclic) bond motifs is 1. The first-order chi connectivity index (χ1) is 8.85. The van der Waals surface area contributed by atoms with Crippen LogP contribution >= 0.6 is 0 Å². The maximum atomic E-state index is 5.88. The van der Waals surface area contributed by atoms with Crippen LogP contribution in [0.1, 0.15) is 25.3 Å². The van der Waals surface area contributed by atoms with Gasteiger partial charge in [0.25, 0.3) is 0 Å². The van der Waals surface area contributed by atoms with E-state index < -0.39 is 0 Å². The Morgan fingerprint density at radius 2 is 2.33 bits per heavy atom. The van der Waals surface area contributed by atoms with Crippen molar-refractivity contribution in [3.8, 4) is 5.75 Å². The van der Waals surface area contributed by atoms with Gasteiger partial charge in [-0.15, -0.1) is 6.58 Å². The Morgan fingerprint density at radius 3 is 3.11 bits per heavy atom. The van der Waals surface area contributed by atoms with E-state index >= 15 is 0 Å². The molecule has 2 atom stereocenters. The van der Waals surface area contributed by atoms with Crippen molar-refractivity contribution in [1.82, 2.24) is 5.32 Å². The van der Waals surface area contributed by atoms with Crippen LogP contribution in [0.3, 0.4) is 0 Å². The summed E-state index contributed by atoms with van der Waals surface area (Å²) < 4.78 is 5.88.